The van der Waals surface area contributed by atoms with E-state index in [1.165, 1.54) is 47.8 Å². The number of benzene rings is 2. The Morgan fingerprint density at radius 2 is 1.84 bits per heavy atom. The molecule has 0 aliphatic carbocycles. The van der Waals surface area contributed by atoms with Crippen molar-refractivity contribution in [1.82, 2.24) is 14.5 Å². The monoisotopic (exact) mass is 444 g/mol. The third-order valence-electron chi connectivity index (χ3n) is 5.07. The van der Waals surface area contributed by atoms with Gasteiger partial charge in [-0.15, -0.1) is 0 Å². The minimum atomic E-state index is -3.71. The number of ether oxygens (including phenoxy) is 1. The quantitative estimate of drug-likeness (QED) is 0.607. The van der Waals surface area contributed by atoms with Gasteiger partial charge >= 0.3 is 0 Å². The maximum atomic E-state index is 13.1. The lowest BCUT2D eigenvalue weighted by Gasteiger charge is -2.18. The van der Waals surface area contributed by atoms with Gasteiger partial charge in [-0.05, 0) is 61.4 Å². The standard InChI is InChI=1S/C21H21FN4O4S/c1-30-19-9-4-14(12-20(19)31(28,29)26-10-2-3-11-26)17-13-18(25-24-17)21(27)23-16-7-5-15(22)6-8-16/h4-9,12-13H,2-3,10-11H2,1H3,(H,23,27)(H,24,25). The molecule has 1 aliphatic heterocycles. The van der Waals surface area contributed by atoms with Crippen molar-refractivity contribution < 1.29 is 22.3 Å². The molecule has 10 heteroatoms. The summed E-state index contributed by atoms with van der Waals surface area (Å²) in [6.45, 7) is 0.956. The second-order valence-corrected chi connectivity index (χ2v) is 9.01. The van der Waals surface area contributed by atoms with E-state index in [2.05, 4.69) is 15.5 Å². The van der Waals surface area contributed by atoms with Crippen LogP contribution in [0, 0.1) is 5.82 Å². The number of carbonyl (C=O) groups excluding carboxylic acids is 1. The molecule has 1 fully saturated rings. The third-order valence-corrected chi connectivity index (χ3v) is 6.99. The van der Waals surface area contributed by atoms with Crippen molar-refractivity contribution in [1.29, 1.82) is 0 Å². The van der Waals surface area contributed by atoms with E-state index in [1.54, 1.807) is 12.1 Å². The molecule has 1 amide bonds. The number of carbonyl (C=O) groups is 1. The van der Waals surface area contributed by atoms with Crippen LogP contribution in [0.2, 0.25) is 0 Å². The van der Waals surface area contributed by atoms with Crippen molar-refractivity contribution in [2.45, 2.75) is 17.7 Å². The number of nitrogens with zero attached hydrogens (tertiary/aromatic N) is 2. The SMILES string of the molecule is COc1ccc(-c2cc(C(=O)Nc3ccc(F)cc3)[nH]n2)cc1S(=O)(=O)N1CCCC1. The largest absolute Gasteiger partial charge is 0.495 e. The van der Waals surface area contributed by atoms with Crippen LogP contribution < -0.4 is 10.1 Å². The number of hydrogen-bond acceptors (Lipinski definition) is 5. The molecule has 0 radical (unpaired) electrons. The highest BCUT2D eigenvalue weighted by atomic mass is 32.2. The number of nitrogens with one attached hydrogen (secondary N) is 2. The summed E-state index contributed by atoms with van der Waals surface area (Å²) in [6.07, 6.45) is 1.65. The van der Waals surface area contributed by atoms with Crippen LogP contribution in [-0.4, -0.2) is 49.0 Å². The van der Waals surface area contributed by atoms with Gasteiger partial charge in [-0.2, -0.15) is 9.40 Å². The molecule has 3 aromatic rings. The fourth-order valence-electron chi connectivity index (χ4n) is 3.42. The van der Waals surface area contributed by atoms with Gasteiger partial charge in [-0.3, -0.25) is 9.89 Å². The predicted molar refractivity (Wildman–Crippen MR) is 113 cm³/mol. The molecule has 0 saturated carbocycles. The number of aromatic amines is 1. The van der Waals surface area contributed by atoms with E-state index in [-0.39, 0.29) is 16.3 Å². The predicted octanol–water partition coefficient (Wildman–Crippen LogP) is 3.26. The van der Waals surface area contributed by atoms with Crippen LogP contribution >= 0.6 is 0 Å². The van der Waals surface area contributed by atoms with Gasteiger partial charge < -0.3 is 10.1 Å². The van der Waals surface area contributed by atoms with E-state index in [0.29, 0.717) is 30.0 Å². The van der Waals surface area contributed by atoms with Crippen molar-refractivity contribution in [3.05, 3.63) is 60.0 Å². The average molecular weight is 444 g/mol. The summed E-state index contributed by atoms with van der Waals surface area (Å²) in [5, 5.41) is 9.44. The van der Waals surface area contributed by atoms with Gasteiger partial charge in [0, 0.05) is 24.3 Å². The molecule has 1 saturated heterocycles. The Balaban J connectivity index is 1.61. The molecule has 31 heavy (non-hydrogen) atoms. The molecule has 4 rings (SSSR count). The molecule has 2 heterocycles. The first-order valence-corrected chi connectivity index (χ1v) is 11.1. The van der Waals surface area contributed by atoms with Crippen molar-refractivity contribution in [2.24, 2.45) is 0 Å². The fraction of sp³-hybridized carbons (Fsp3) is 0.238. The lowest BCUT2D eigenvalue weighted by Crippen LogP contribution is -2.28. The zero-order chi connectivity index (χ0) is 22.0. The van der Waals surface area contributed by atoms with Crippen LogP contribution in [0.1, 0.15) is 23.3 Å². The van der Waals surface area contributed by atoms with Crippen LogP contribution in [0.25, 0.3) is 11.3 Å². The van der Waals surface area contributed by atoms with Crippen LogP contribution in [-0.2, 0) is 10.0 Å². The zero-order valence-electron chi connectivity index (χ0n) is 16.8. The summed E-state index contributed by atoms with van der Waals surface area (Å²) in [5.41, 5.74) is 1.55. The Bertz CT molecular complexity index is 1200. The molecule has 0 bridgehead atoms. The van der Waals surface area contributed by atoms with Gasteiger partial charge in [0.1, 0.15) is 22.2 Å². The minimum absolute atomic E-state index is 0.0645. The van der Waals surface area contributed by atoms with Gasteiger partial charge in [0.2, 0.25) is 10.0 Å². The first kappa shape index (κ1) is 21.0. The van der Waals surface area contributed by atoms with Crippen molar-refractivity contribution in [3.63, 3.8) is 0 Å². The Morgan fingerprint density at radius 1 is 1.13 bits per heavy atom. The van der Waals surface area contributed by atoms with Crippen LogP contribution in [0.4, 0.5) is 10.1 Å². The van der Waals surface area contributed by atoms with E-state index >= 15 is 0 Å². The summed E-state index contributed by atoms with van der Waals surface area (Å²) in [4.78, 5) is 12.5. The molecule has 1 aromatic heterocycles. The number of rotatable bonds is 6. The minimum Gasteiger partial charge on any atom is -0.495 e. The maximum Gasteiger partial charge on any atom is 0.273 e. The van der Waals surface area contributed by atoms with Crippen LogP contribution in [0.3, 0.4) is 0 Å². The highest BCUT2D eigenvalue weighted by molar-refractivity contribution is 7.89. The number of sulfonamides is 1. The number of halogens is 1. The zero-order valence-corrected chi connectivity index (χ0v) is 17.6. The van der Waals surface area contributed by atoms with Gasteiger partial charge in [0.05, 0.1) is 12.8 Å². The fourth-order valence-corrected chi connectivity index (χ4v) is 5.12. The summed E-state index contributed by atoms with van der Waals surface area (Å²) in [7, 11) is -2.28. The second kappa shape index (κ2) is 8.48. The summed E-state index contributed by atoms with van der Waals surface area (Å²) in [5.74, 6) is -0.606. The molecule has 162 valence electrons. The Morgan fingerprint density at radius 3 is 2.52 bits per heavy atom. The van der Waals surface area contributed by atoms with E-state index in [0.717, 1.165) is 12.8 Å². The van der Waals surface area contributed by atoms with E-state index < -0.39 is 21.7 Å². The summed E-state index contributed by atoms with van der Waals surface area (Å²) < 4.78 is 45.9. The summed E-state index contributed by atoms with van der Waals surface area (Å²) >= 11 is 0. The van der Waals surface area contributed by atoms with Crippen LogP contribution in [0.5, 0.6) is 5.75 Å². The molecule has 0 unspecified atom stereocenters. The molecule has 1 aliphatic rings. The maximum absolute atomic E-state index is 13.1. The Kier molecular flexibility index (Phi) is 5.75. The van der Waals surface area contributed by atoms with E-state index in [9.17, 15) is 17.6 Å². The number of anilines is 1. The van der Waals surface area contributed by atoms with Crippen molar-refractivity contribution in [3.8, 4) is 17.0 Å². The van der Waals surface area contributed by atoms with E-state index in [4.69, 9.17) is 4.74 Å². The number of H-pyrrole nitrogens is 1. The topological polar surface area (TPSA) is 104 Å². The smallest absolute Gasteiger partial charge is 0.273 e. The van der Waals surface area contributed by atoms with Crippen LogP contribution in [0.15, 0.2) is 53.4 Å². The van der Waals surface area contributed by atoms with Gasteiger partial charge in [0.15, 0.2) is 0 Å². The highest BCUT2D eigenvalue weighted by Gasteiger charge is 2.30. The highest BCUT2D eigenvalue weighted by Crippen LogP contribution is 2.32. The lowest BCUT2D eigenvalue weighted by atomic mass is 10.1. The molecule has 2 N–H and O–H groups in total. The lowest BCUT2D eigenvalue weighted by molar-refractivity contribution is 0.102. The molecular formula is C21H21FN4O4S. The molecule has 8 nitrogen and oxygen atoms in total. The van der Waals surface area contributed by atoms with Gasteiger partial charge in [0.25, 0.3) is 5.91 Å². The number of amides is 1. The molecule has 2 aromatic carbocycles. The third kappa shape index (κ3) is 4.30. The number of hydrogen-bond donors (Lipinski definition) is 2. The first-order valence-electron chi connectivity index (χ1n) is 9.69. The number of aromatic nitrogens is 2. The normalized spacial score (nSPS) is 14.5. The molecular weight excluding hydrogens is 423 g/mol. The van der Waals surface area contributed by atoms with Gasteiger partial charge in [-0.1, -0.05) is 0 Å². The Hall–Kier alpha value is -3.24. The summed E-state index contributed by atoms with van der Waals surface area (Å²) in [6, 6.07) is 11.7. The van der Waals surface area contributed by atoms with Gasteiger partial charge in [-0.25, -0.2) is 12.8 Å². The molecule has 0 spiro atoms. The van der Waals surface area contributed by atoms with Crippen molar-refractivity contribution >= 4 is 21.6 Å². The number of methoxy groups -OCH3 is 1. The van der Waals surface area contributed by atoms with Crippen molar-refractivity contribution in [2.75, 3.05) is 25.5 Å². The second-order valence-electron chi connectivity index (χ2n) is 7.10. The first-order chi connectivity index (χ1) is 14.9. The van der Waals surface area contributed by atoms with E-state index in [1.807, 2.05) is 0 Å². The average Bonchev–Trinajstić information content (AvgIpc) is 3.48. The Labute approximate surface area is 179 Å². The molecule has 0 atom stereocenters.